The minimum atomic E-state index is 0. The highest BCUT2D eigenvalue weighted by Gasteiger charge is 2.50. The van der Waals surface area contributed by atoms with E-state index in [1.807, 2.05) is 18.2 Å². The highest BCUT2D eigenvalue weighted by atomic mass is 35.5. The maximum absolute atomic E-state index is 10.3. The molecule has 0 unspecified atom stereocenters. The number of aliphatic imine (C=N–C) groups is 1. The third-order valence-corrected chi connectivity index (χ3v) is 7.23. The molecule has 0 saturated heterocycles. The first kappa shape index (κ1) is 21.2. The smallest absolute Gasteiger partial charge is 0.238 e. The molecule has 4 saturated carbocycles. The number of aromatic hydroxyl groups is 1. The lowest BCUT2D eigenvalue weighted by Crippen LogP contribution is -2.49. The zero-order valence-corrected chi connectivity index (χ0v) is 18.3. The summed E-state index contributed by atoms with van der Waals surface area (Å²) in [7, 11) is 0. The molecule has 7 rings (SSSR count). The fraction of sp³-hybridized carbons (Fsp3) is 0.500. The molecule has 0 aromatic carbocycles. The van der Waals surface area contributed by atoms with E-state index in [0.717, 1.165) is 35.4 Å². The van der Waals surface area contributed by atoms with Gasteiger partial charge in [0.15, 0.2) is 5.82 Å². The summed E-state index contributed by atoms with van der Waals surface area (Å²) in [6.07, 6.45) is 13.8. The molecule has 4 fully saturated rings. The lowest BCUT2D eigenvalue weighted by molar-refractivity contribution is -0.0445. The van der Waals surface area contributed by atoms with E-state index in [1.54, 1.807) is 12.4 Å². The Kier molecular flexibility index (Phi) is 5.58. The third kappa shape index (κ3) is 3.60. The van der Waals surface area contributed by atoms with Crippen LogP contribution in [0.2, 0.25) is 0 Å². The van der Waals surface area contributed by atoms with Crippen LogP contribution in [0.15, 0.2) is 23.3 Å². The third-order valence-electron chi connectivity index (χ3n) is 7.23. The van der Waals surface area contributed by atoms with Gasteiger partial charge < -0.3 is 15.4 Å². The number of imidazole rings is 1. The lowest BCUT2D eigenvalue weighted by Gasteiger charge is -2.56. The zero-order valence-electron chi connectivity index (χ0n) is 16.7. The van der Waals surface area contributed by atoms with Crippen molar-refractivity contribution in [3.05, 3.63) is 29.6 Å². The van der Waals surface area contributed by atoms with E-state index in [4.69, 9.17) is 0 Å². The van der Waals surface area contributed by atoms with Gasteiger partial charge in [0, 0.05) is 30.1 Å². The predicted octanol–water partition coefficient (Wildman–Crippen LogP) is 5.24. The maximum Gasteiger partial charge on any atom is 0.238 e. The summed E-state index contributed by atoms with van der Waals surface area (Å²) in [5.74, 6) is 4.21. The normalized spacial score (nSPS) is 31.3. The van der Waals surface area contributed by atoms with Gasteiger partial charge in [-0.05, 0) is 79.9 Å². The summed E-state index contributed by atoms with van der Waals surface area (Å²) in [6.45, 7) is 0.952. The molecule has 5 aliphatic rings. The standard InChI is InChI=1S/C22H25N5O.2ClH/c28-20-18(7-16-11-24-19-17(16)2-1-3-23-19)26-21(27-20)25-12-22-8-13-4-14(9-22)6-15(5-13)10-22;;/h1-3,7,11,13-15,28H,4-6,8-10,12H2,(H2,25,26,27);2*1H/b16-7+;;. The van der Waals surface area contributed by atoms with Crippen molar-refractivity contribution in [2.24, 2.45) is 28.2 Å². The number of pyridine rings is 1. The topological polar surface area (TPSA) is 86.2 Å². The molecule has 2 aromatic rings. The summed E-state index contributed by atoms with van der Waals surface area (Å²) in [6, 6.07) is 3.88. The van der Waals surface area contributed by atoms with Crippen molar-refractivity contribution in [3.8, 4) is 5.88 Å². The molecule has 0 atom stereocenters. The molecule has 4 bridgehead atoms. The van der Waals surface area contributed by atoms with Gasteiger partial charge in [-0.15, -0.1) is 24.8 Å². The molecule has 160 valence electrons. The van der Waals surface area contributed by atoms with Gasteiger partial charge in [-0.2, -0.15) is 4.98 Å². The number of nitrogens with one attached hydrogen (secondary N) is 2. The zero-order chi connectivity index (χ0) is 18.7. The fourth-order valence-electron chi connectivity index (χ4n) is 6.54. The van der Waals surface area contributed by atoms with Crippen LogP contribution in [-0.4, -0.2) is 32.8 Å². The number of H-pyrrole nitrogens is 1. The Bertz CT molecular complexity index is 964. The van der Waals surface area contributed by atoms with E-state index in [-0.39, 0.29) is 30.7 Å². The highest BCUT2D eigenvalue weighted by molar-refractivity contribution is 6.20. The molecule has 2 aromatic heterocycles. The Morgan fingerprint density at radius 1 is 1.13 bits per heavy atom. The van der Waals surface area contributed by atoms with Gasteiger partial charge >= 0.3 is 0 Å². The Morgan fingerprint density at radius 3 is 2.53 bits per heavy atom. The SMILES string of the molecule is Cl.Cl.Oc1nc(NCC23CC4CC(CC(C4)C2)C3)[nH]c1/C=C1\C=Nc2ncccc21. The van der Waals surface area contributed by atoms with Crippen LogP contribution in [0.25, 0.3) is 11.6 Å². The fourth-order valence-corrected chi connectivity index (χ4v) is 6.54. The molecule has 6 nitrogen and oxygen atoms in total. The van der Waals surface area contributed by atoms with E-state index in [2.05, 4.69) is 25.3 Å². The first-order valence-electron chi connectivity index (χ1n) is 10.4. The molecule has 0 radical (unpaired) electrons. The van der Waals surface area contributed by atoms with Crippen LogP contribution >= 0.6 is 24.8 Å². The van der Waals surface area contributed by atoms with Crippen LogP contribution < -0.4 is 5.32 Å². The van der Waals surface area contributed by atoms with Gasteiger partial charge in [-0.25, -0.2) is 9.98 Å². The summed E-state index contributed by atoms with van der Waals surface area (Å²) in [5, 5.41) is 13.8. The second-order valence-corrected chi connectivity index (χ2v) is 9.33. The van der Waals surface area contributed by atoms with Crippen molar-refractivity contribution in [3.63, 3.8) is 0 Å². The molecule has 3 N–H and O–H groups in total. The summed E-state index contributed by atoms with van der Waals surface area (Å²) in [5.41, 5.74) is 2.93. The van der Waals surface area contributed by atoms with Crippen molar-refractivity contribution < 1.29 is 5.11 Å². The van der Waals surface area contributed by atoms with Gasteiger partial charge in [-0.3, -0.25) is 0 Å². The Hall–Kier alpha value is -2.05. The molecule has 1 aliphatic heterocycles. The van der Waals surface area contributed by atoms with Crippen LogP contribution in [0.3, 0.4) is 0 Å². The van der Waals surface area contributed by atoms with Gasteiger partial charge in [0.05, 0.1) is 0 Å². The number of nitrogens with zero attached hydrogens (tertiary/aromatic N) is 3. The lowest BCUT2D eigenvalue weighted by atomic mass is 9.49. The molecule has 8 heteroatoms. The molecule has 30 heavy (non-hydrogen) atoms. The van der Waals surface area contributed by atoms with Crippen molar-refractivity contribution in [2.75, 3.05) is 11.9 Å². The number of rotatable bonds is 4. The van der Waals surface area contributed by atoms with E-state index >= 15 is 0 Å². The number of aromatic nitrogens is 3. The maximum atomic E-state index is 10.3. The van der Waals surface area contributed by atoms with Gasteiger partial charge in [0.1, 0.15) is 5.69 Å². The number of halogens is 2. The molecular weight excluding hydrogens is 421 g/mol. The minimum absolute atomic E-state index is 0. The largest absolute Gasteiger partial charge is 0.492 e. The van der Waals surface area contributed by atoms with E-state index in [0.29, 0.717) is 22.9 Å². The monoisotopic (exact) mass is 447 g/mol. The van der Waals surface area contributed by atoms with Crippen molar-refractivity contribution in [1.29, 1.82) is 0 Å². The Morgan fingerprint density at radius 2 is 1.83 bits per heavy atom. The van der Waals surface area contributed by atoms with Crippen molar-refractivity contribution >= 4 is 54.4 Å². The number of anilines is 1. The van der Waals surface area contributed by atoms with Crippen LogP contribution in [0.1, 0.15) is 49.8 Å². The van der Waals surface area contributed by atoms with Crippen LogP contribution in [0.5, 0.6) is 5.88 Å². The first-order valence-corrected chi connectivity index (χ1v) is 10.4. The molecular formula is C22H27Cl2N5O. The van der Waals surface area contributed by atoms with Gasteiger partial charge in [-0.1, -0.05) is 0 Å². The van der Waals surface area contributed by atoms with Crippen LogP contribution in [0.4, 0.5) is 11.8 Å². The summed E-state index contributed by atoms with van der Waals surface area (Å²) >= 11 is 0. The van der Waals surface area contributed by atoms with Gasteiger partial charge in [0.25, 0.3) is 0 Å². The second kappa shape index (κ2) is 7.89. The number of allylic oxidation sites excluding steroid dienone is 1. The summed E-state index contributed by atoms with van der Waals surface area (Å²) < 4.78 is 0. The van der Waals surface area contributed by atoms with Crippen molar-refractivity contribution in [1.82, 2.24) is 15.0 Å². The molecule has 4 aliphatic carbocycles. The highest BCUT2D eigenvalue weighted by Crippen LogP contribution is 2.59. The predicted molar refractivity (Wildman–Crippen MR) is 124 cm³/mol. The number of hydrogen-bond acceptors (Lipinski definition) is 5. The molecule has 0 amide bonds. The average Bonchev–Trinajstić information content (AvgIpc) is 3.23. The van der Waals surface area contributed by atoms with E-state index in [1.165, 1.54) is 38.5 Å². The Labute approximate surface area is 188 Å². The van der Waals surface area contributed by atoms with E-state index < -0.39 is 0 Å². The molecule has 3 heterocycles. The first-order chi connectivity index (χ1) is 13.7. The number of hydrogen-bond donors (Lipinski definition) is 3. The summed E-state index contributed by atoms with van der Waals surface area (Å²) in [4.78, 5) is 16.1. The number of fused-ring (bicyclic) bond motifs is 1. The Balaban J connectivity index is 0.00000109. The van der Waals surface area contributed by atoms with E-state index in [9.17, 15) is 5.11 Å². The van der Waals surface area contributed by atoms with Gasteiger partial charge in [0.2, 0.25) is 11.8 Å². The van der Waals surface area contributed by atoms with Crippen molar-refractivity contribution in [2.45, 2.75) is 38.5 Å². The van der Waals surface area contributed by atoms with Crippen LogP contribution in [0, 0.1) is 23.2 Å². The second-order valence-electron chi connectivity index (χ2n) is 9.33. The number of aromatic amines is 1. The average molecular weight is 448 g/mol. The minimum Gasteiger partial charge on any atom is -0.492 e. The van der Waals surface area contributed by atoms with Crippen LogP contribution in [-0.2, 0) is 0 Å². The molecule has 0 spiro atoms. The quantitative estimate of drug-likeness (QED) is 0.597.